The van der Waals surface area contributed by atoms with Crippen LogP contribution in [0.2, 0.25) is 5.02 Å². The second-order valence-electron chi connectivity index (χ2n) is 5.04. The van der Waals surface area contributed by atoms with Crippen molar-refractivity contribution in [3.8, 4) is 0 Å². The first-order chi connectivity index (χ1) is 9.45. The summed E-state index contributed by atoms with van der Waals surface area (Å²) in [6.45, 7) is 1.06. The van der Waals surface area contributed by atoms with Crippen LogP contribution in [-0.2, 0) is 11.3 Å². The van der Waals surface area contributed by atoms with E-state index in [0.29, 0.717) is 23.0 Å². The van der Waals surface area contributed by atoms with Crippen molar-refractivity contribution in [2.45, 2.75) is 19.4 Å². The van der Waals surface area contributed by atoms with Crippen LogP contribution in [0, 0.1) is 16.0 Å². The third kappa shape index (κ3) is 4.18. The third-order valence-electron chi connectivity index (χ3n) is 3.21. The highest BCUT2D eigenvalue weighted by molar-refractivity contribution is 6.31. The Labute approximate surface area is 121 Å². The van der Waals surface area contributed by atoms with Gasteiger partial charge in [0.1, 0.15) is 0 Å². The molecule has 7 heteroatoms. The van der Waals surface area contributed by atoms with Crippen molar-refractivity contribution in [2.75, 3.05) is 13.1 Å². The lowest BCUT2D eigenvalue weighted by Gasteiger charge is -2.20. The van der Waals surface area contributed by atoms with E-state index in [1.54, 1.807) is 6.07 Å². The predicted octanol–water partition coefficient (Wildman–Crippen LogP) is 2.54. The molecule has 20 heavy (non-hydrogen) atoms. The Morgan fingerprint density at radius 1 is 1.50 bits per heavy atom. The summed E-state index contributed by atoms with van der Waals surface area (Å²) in [5.41, 5.74) is 0.643. The second kappa shape index (κ2) is 6.19. The molecule has 1 saturated carbocycles. The van der Waals surface area contributed by atoms with E-state index in [2.05, 4.69) is 0 Å². The lowest BCUT2D eigenvalue weighted by atomic mass is 10.2. The van der Waals surface area contributed by atoms with Crippen LogP contribution >= 0.6 is 11.6 Å². The van der Waals surface area contributed by atoms with Gasteiger partial charge in [-0.05, 0) is 30.4 Å². The number of nitrogens with zero attached hydrogens (tertiary/aromatic N) is 2. The SMILES string of the molecule is O=C(O)CN(Cc1ccc([N+](=O)[O-])cc1Cl)CC1CC1. The summed E-state index contributed by atoms with van der Waals surface area (Å²) in [5.74, 6) is -0.324. The number of halogens is 1. The Morgan fingerprint density at radius 2 is 2.20 bits per heavy atom. The maximum Gasteiger partial charge on any atom is 0.317 e. The minimum Gasteiger partial charge on any atom is -0.480 e. The van der Waals surface area contributed by atoms with Gasteiger partial charge < -0.3 is 5.11 Å². The fraction of sp³-hybridized carbons (Fsp3) is 0.462. The first kappa shape index (κ1) is 14.7. The topological polar surface area (TPSA) is 83.7 Å². The molecule has 0 aromatic heterocycles. The molecule has 6 nitrogen and oxygen atoms in total. The number of hydrogen-bond acceptors (Lipinski definition) is 4. The Balaban J connectivity index is 2.08. The van der Waals surface area contributed by atoms with Crippen LogP contribution in [0.3, 0.4) is 0 Å². The largest absolute Gasteiger partial charge is 0.480 e. The van der Waals surface area contributed by atoms with Crippen LogP contribution in [0.1, 0.15) is 18.4 Å². The number of hydrogen-bond donors (Lipinski definition) is 1. The van der Waals surface area contributed by atoms with Crippen LogP contribution in [-0.4, -0.2) is 34.0 Å². The van der Waals surface area contributed by atoms with Crippen molar-refractivity contribution in [2.24, 2.45) is 5.92 Å². The molecule has 2 rings (SSSR count). The molecular weight excluding hydrogens is 284 g/mol. The summed E-state index contributed by atoms with van der Waals surface area (Å²) in [7, 11) is 0. The lowest BCUT2D eigenvalue weighted by Crippen LogP contribution is -2.31. The van der Waals surface area contributed by atoms with Crippen LogP contribution in [0.4, 0.5) is 5.69 Å². The molecule has 1 aromatic carbocycles. The van der Waals surface area contributed by atoms with E-state index >= 15 is 0 Å². The van der Waals surface area contributed by atoms with Crippen LogP contribution in [0.25, 0.3) is 0 Å². The second-order valence-corrected chi connectivity index (χ2v) is 5.45. The summed E-state index contributed by atoms with van der Waals surface area (Å²) >= 11 is 6.03. The number of nitro benzene ring substituents is 1. The van der Waals surface area contributed by atoms with Crippen LogP contribution < -0.4 is 0 Å². The van der Waals surface area contributed by atoms with Gasteiger partial charge in [0.15, 0.2) is 0 Å². The van der Waals surface area contributed by atoms with E-state index in [1.807, 2.05) is 4.90 Å². The van der Waals surface area contributed by atoms with Crippen molar-refractivity contribution >= 4 is 23.3 Å². The molecular formula is C13H15ClN2O4. The summed E-state index contributed by atoms with van der Waals surface area (Å²) in [6.07, 6.45) is 2.26. The van der Waals surface area contributed by atoms with Gasteiger partial charge in [0.2, 0.25) is 0 Å². The van der Waals surface area contributed by atoms with Gasteiger partial charge in [-0.25, -0.2) is 0 Å². The molecule has 0 heterocycles. The number of aliphatic carboxylic acids is 1. The van der Waals surface area contributed by atoms with Crippen molar-refractivity contribution < 1.29 is 14.8 Å². The van der Waals surface area contributed by atoms with Gasteiger partial charge in [-0.15, -0.1) is 0 Å². The normalized spacial score (nSPS) is 14.5. The molecule has 0 unspecified atom stereocenters. The molecule has 0 saturated heterocycles. The highest BCUT2D eigenvalue weighted by Gasteiger charge is 2.25. The van der Waals surface area contributed by atoms with Gasteiger partial charge in [-0.3, -0.25) is 19.8 Å². The van der Waals surface area contributed by atoms with Gasteiger partial charge in [-0.2, -0.15) is 0 Å². The molecule has 1 aliphatic rings. The maximum absolute atomic E-state index is 10.9. The number of rotatable bonds is 7. The van der Waals surface area contributed by atoms with E-state index in [9.17, 15) is 14.9 Å². The van der Waals surface area contributed by atoms with Crippen molar-refractivity contribution in [3.63, 3.8) is 0 Å². The minimum absolute atomic E-state index is 0.0518. The smallest absolute Gasteiger partial charge is 0.317 e. The molecule has 0 radical (unpaired) electrons. The van der Waals surface area contributed by atoms with Gasteiger partial charge in [-0.1, -0.05) is 11.6 Å². The Morgan fingerprint density at radius 3 is 2.70 bits per heavy atom. The fourth-order valence-electron chi connectivity index (χ4n) is 2.06. The number of carboxylic acids is 1. The van der Waals surface area contributed by atoms with Crippen LogP contribution in [0.15, 0.2) is 18.2 Å². The molecule has 0 spiro atoms. The first-order valence-electron chi connectivity index (χ1n) is 6.32. The number of nitro groups is 1. The molecule has 1 aromatic rings. The number of benzene rings is 1. The molecule has 1 fully saturated rings. The highest BCUT2D eigenvalue weighted by atomic mass is 35.5. The van der Waals surface area contributed by atoms with Crippen molar-refractivity contribution in [1.82, 2.24) is 4.90 Å². The number of carboxylic acid groups (broad SMARTS) is 1. The summed E-state index contributed by atoms with van der Waals surface area (Å²) < 4.78 is 0. The Kier molecular flexibility index (Phi) is 4.57. The van der Waals surface area contributed by atoms with E-state index in [0.717, 1.165) is 19.4 Å². The zero-order valence-electron chi connectivity index (χ0n) is 10.8. The van der Waals surface area contributed by atoms with Gasteiger partial charge in [0, 0.05) is 25.2 Å². The maximum atomic E-state index is 10.9. The molecule has 108 valence electrons. The average Bonchev–Trinajstić information content (AvgIpc) is 3.14. The monoisotopic (exact) mass is 298 g/mol. The molecule has 1 aliphatic carbocycles. The quantitative estimate of drug-likeness (QED) is 0.618. The highest BCUT2D eigenvalue weighted by Crippen LogP contribution is 2.31. The summed E-state index contributed by atoms with van der Waals surface area (Å²) in [5, 5.41) is 19.9. The molecule has 1 N–H and O–H groups in total. The predicted molar refractivity (Wildman–Crippen MR) is 73.7 cm³/mol. The zero-order chi connectivity index (χ0) is 14.7. The van der Waals surface area contributed by atoms with E-state index in [1.165, 1.54) is 12.1 Å². The van der Waals surface area contributed by atoms with Gasteiger partial charge in [0.25, 0.3) is 5.69 Å². The van der Waals surface area contributed by atoms with Gasteiger partial charge in [0.05, 0.1) is 16.5 Å². The van der Waals surface area contributed by atoms with Gasteiger partial charge >= 0.3 is 5.97 Å². The van der Waals surface area contributed by atoms with E-state index in [-0.39, 0.29) is 12.2 Å². The Bertz CT molecular complexity index is 531. The number of carbonyl (C=O) groups is 1. The summed E-state index contributed by atoms with van der Waals surface area (Å²) in [4.78, 5) is 22.8. The molecule has 0 atom stereocenters. The standard InChI is InChI=1S/C13H15ClN2O4/c14-12-5-11(16(19)20)4-3-10(12)7-15(8-13(17)18)6-9-1-2-9/h3-5,9H,1-2,6-8H2,(H,17,18). The third-order valence-corrected chi connectivity index (χ3v) is 3.57. The summed E-state index contributed by atoms with van der Waals surface area (Å²) in [6, 6.07) is 4.27. The minimum atomic E-state index is -0.885. The Hall–Kier alpha value is -1.66. The van der Waals surface area contributed by atoms with Crippen LogP contribution in [0.5, 0.6) is 0 Å². The molecule has 0 aliphatic heterocycles. The zero-order valence-corrected chi connectivity index (χ0v) is 11.5. The van der Waals surface area contributed by atoms with Crippen molar-refractivity contribution in [3.05, 3.63) is 38.9 Å². The fourth-order valence-corrected chi connectivity index (χ4v) is 2.30. The van der Waals surface area contributed by atoms with E-state index < -0.39 is 10.9 Å². The van der Waals surface area contributed by atoms with Crippen molar-refractivity contribution in [1.29, 1.82) is 0 Å². The molecule has 0 amide bonds. The lowest BCUT2D eigenvalue weighted by molar-refractivity contribution is -0.384. The number of non-ortho nitro benzene ring substituents is 1. The molecule has 0 bridgehead atoms. The average molecular weight is 299 g/mol. The first-order valence-corrected chi connectivity index (χ1v) is 6.70. The van der Waals surface area contributed by atoms with E-state index in [4.69, 9.17) is 16.7 Å².